The van der Waals surface area contributed by atoms with Gasteiger partial charge in [-0.2, -0.15) is 0 Å². The van der Waals surface area contributed by atoms with Crippen LogP contribution in [0, 0.1) is 5.92 Å². The average Bonchev–Trinajstić information content (AvgIpc) is 2.98. The maximum Gasteiger partial charge on any atom is 0.266 e. The third kappa shape index (κ3) is 8.72. The minimum absolute atomic E-state index is 0.240. The Labute approximate surface area is 183 Å². The number of rotatable bonds is 5. The molecule has 0 bridgehead atoms. The van der Waals surface area contributed by atoms with Crippen molar-refractivity contribution < 1.29 is 18.5 Å². The first kappa shape index (κ1) is 23.6. The van der Waals surface area contributed by atoms with Gasteiger partial charge in [-0.3, -0.25) is 9.52 Å². The summed E-state index contributed by atoms with van der Waals surface area (Å²) in [4.78, 5) is 12.0. The van der Waals surface area contributed by atoms with E-state index in [9.17, 15) is 9.00 Å². The summed E-state index contributed by atoms with van der Waals surface area (Å²) in [5, 5.41) is 4.48. The zero-order valence-electron chi connectivity index (χ0n) is 16.0. The summed E-state index contributed by atoms with van der Waals surface area (Å²) in [6.45, 7) is 3.48. The zero-order chi connectivity index (χ0) is 21.1. The van der Waals surface area contributed by atoms with E-state index in [1.165, 1.54) is 6.26 Å². The minimum Gasteiger partial charge on any atom is -0.492 e. The Bertz CT molecular complexity index is 794. The summed E-state index contributed by atoms with van der Waals surface area (Å²) in [6.07, 6.45) is 1.41. The molecule has 1 fully saturated rings. The third-order valence-electron chi connectivity index (χ3n) is 3.88. The molecular formula is C20H24Cl2N2O4S. The number of hydrogen-bond donors (Lipinski definition) is 2. The lowest BCUT2D eigenvalue weighted by atomic mass is 10.1. The highest BCUT2D eigenvalue weighted by atomic mass is 35.5. The molecular weight excluding hydrogens is 435 g/mol. The van der Waals surface area contributed by atoms with Gasteiger partial charge < -0.3 is 14.8 Å². The third-order valence-corrected chi connectivity index (χ3v) is 5.11. The maximum atomic E-state index is 12.0. The molecule has 2 aromatic rings. The molecule has 2 unspecified atom stereocenters. The van der Waals surface area contributed by atoms with Crippen LogP contribution in [0.3, 0.4) is 0 Å². The monoisotopic (exact) mass is 458 g/mol. The fourth-order valence-electron chi connectivity index (χ4n) is 2.48. The SMILES string of the molecule is CS(=O)NC(=O)c1ccccc1OCC1CNCCOC1.Clc1ccccc1Cl. The van der Waals surface area contributed by atoms with Gasteiger partial charge in [-0.25, -0.2) is 4.21 Å². The molecule has 6 nitrogen and oxygen atoms in total. The molecule has 2 aromatic carbocycles. The van der Waals surface area contributed by atoms with Crippen molar-refractivity contribution in [3.05, 3.63) is 64.1 Å². The summed E-state index contributed by atoms with van der Waals surface area (Å²) in [5.74, 6) is 0.329. The summed E-state index contributed by atoms with van der Waals surface area (Å²) in [5.41, 5.74) is 0.384. The summed E-state index contributed by atoms with van der Waals surface area (Å²) in [6, 6.07) is 14.1. The normalized spacial score (nSPS) is 17.3. The van der Waals surface area contributed by atoms with Gasteiger partial charge in [0.25, 0.3) is 5.91 Å². The Morgan fingerprint density at radius 1 is 1.21 bits per heavy atom. The van der Waals surface area contributed by atoms with Crippen LogP contribution in [-0.4, -0.2) is 49.3 Å². The van der Waals surface area contributed by atoms with Gasteiger partial charge in [-0.05, 0) is 24.3 Å². The van der Waals surface area contributed by atoms with Crippen LogP contribution in [0.2, 0.25) is 10.0 Å². The molecule has 29 heavy (non-hydrogen) atoms. The van der Waals surface area contributed by atoms with E-state index in [1.807, 2.05) is 12.1 Å². The van der Waals surface area contributed by atoms with Crippen molar-refractivity contribution >= 4 is 40.1 Å². The van der Waals surface area contributed by atoms with E-state index in [4.69, 9.17) is 32.7 Å². The van der Waals surface area contributed by atoms with Gasteiger partial charge in [0, 0.05) is 25.3 Å². The highest BCUT2D eigenvalue weighted by Gasteiger charge is 2.16. The van der Waals surface area contributed by atoms with Crippen LogP contribution < -0.4 is 14.8 Å². The number of carbonyl (C=O) groups excluding carboxylic acids is 1. The summed E-state index contributed by atoms with van der Waals surface area (Å²) >= 11 is 11.2. The fraction of sp³-hybridized carbons (Fsp3) is 0.350. The standard InChI is InChI=1S/C14H20N2O4S.C6H4Cl2/c1-21(18)16-14(17)12-4-2-3-5-13(12)20-10-11-8-15-6-7-19-9-11;7-5-3-1-2-4-6(5)8/h2-5,11,15H,6-10H2,1H3,(H,16,17);1-4H. The number of carbonyl (C=O) groups is 1. The van der Waals surface area contributed by atoms with Crippen LogP contribution in [-0.2, 0) is 15.7 Å². The van der Waals surface area contributed by atoms with Crippen molar-refractivity contribution in [3.63, 3.8) is 0 Å². The predicted molar refractivity (Wildman–Crippen MR) is 117 cm³/mol. The molecule has 1 aliphatic rings. The number of para-hydroxylation sites is 1. The molecule has 1 heterocycles. The van der Waals surface area contributed by atoms with Gasteiger partial charge >= 0.3 is 0 Å². The Hall–Kier alpha value is -1.64. The molecule has 0 aliphatic carbocycles. The van der Waals surface area contributed by atoms with E-state index in [0.29, 0.717) is 41.2 Å². The van der Waals surface area contributed by atoms with E-state index in [0.717, 1.165) is 13.1 Å². The van der Waals surface area contributed by atoms with Crippen molar-refractivity contribution in [2.45, 2.75) is 0 Å². The molecule has 9 heteroatoms. The molecule has 0 radical (unpaired) electrons. The van der Waals surface area contributed by atoms with Gasteiger partial charge in [-0.15, -0.1) is 0 Å². The number of hydrogen-bond acceptors (Lipinski definition) is 5. The second-order valence-corrected chi connectivity index (χ2v) is 8.18. The molecule has 1 amide bonds. The topological polar surface area (TPSA) is 76.7 Å². The molecule has 3 rings (SSSR count). The smallest absolute Gasteiger partial charge is 0.266 e. The molecule has 2 N–H and O–H groups in total. The average molecular weight is 459 g/mol. The zero-order valence-corrected chi connectivity index (χ0v) is 18.4. The lowest BCUT2D eigenvalue weighted by Crippen LogP contribution is -2.28. The largest absolute Gasteiger partial charge is 0.492 e. The first-order valence-electron chi connectivity index (χ1n) is 9.02. The lowest BCUT2D eigenvalue weighted by molar-refractivity contribution is 0.0958. The van der Waals surface area contributed by atoms with Crippen LogP contribution in [0.25, 0.3) is 0 Å². The van der Waals surface area contributed by atoms with Gasteiger partial charge in [-0.1, -0.05) is 47.5 Å². The Kier molecular flexibility index (Phi) is 10.5. The van der Waals surface area contributed by atoms with E-state index in [1.54, 1.807) is 36.4 Å². The first-order chi connectivity index (χ1) is 14.0. The van der Waals surface area contributed by atoms with Gasteiger partial charge in [0.2, 0.25) is 0 Å². The van der Waals surface area contributed by atoms with Crippen molar-refractivity contribution in [1.29, 1.82) is 0 Å². The Morgan fingerprint density at radius 2 is 1.86 bits per heavy atom. The molecule has 0 saturated carbocycles. The van der Waals surface area contributed by atoms with Crippen LogP contribution in [0.5, 0.6) is 5.75 Å². The second-order valence-electron chi connectivity index (χ2n) is 6.25. The van der Waals surface area contributed by atoms with Crippen molar-refractivity contribution in [1.82, 2.24) is 10.0 Å². The first-order valence-corrected chi connectivity index (χ1v) is 11.3. The molecule has 0 aromatic heterocycles. The number of ether oxygens (including phenoxy) is 2. The second kappa shape index (κ2) is 12.8. The van der Waals surface area contributed by atoms with Crippen LogP contribution >= 0.6 is 23.2 Å². The molecule has 1 aliphatic heterocycles. The highest BCUT2D eigenvalue weighted by Crippen LogP contribution is 2.20. The number of nitrogens with one attached hydrogen (secondary N) is 2. The van der Waals surface area contributed by atoms with Crippen LogP contribution in [0.1, 0.15) is 10.4 Å². The predicted octanol–water partition coefficient (Wildman–Crippen LogP) is 3.32. The van der Waals surface area contributed by atoms with Gasteiger partial charge in [0.15, 0.2) is 0 Å². The quantitative estimate of drug-likeness (QED) is 0.718. The lowest BCUT2D eigenvalue weighted by Gasteiger charge is -2.16. The number of amides is 1. The van der Waals surface area contributed by atoms with E-state index in [2.05, 4.69) is 10.0 Å². The molecule has 0 spiro atoms. The fourth-order valence-corrected chi connectivity index (χ4v) is 3.12. The van der Waals surface area contributed by atoms with Gasteiger partial charge in [0.1, 0.15) is 16.7 Å². The number of benzene rings is 2. The number of halogens is 2. The van der Waals surface area contributed by atoms with Crippen LogP contribution in [0.15, 0.2) is 48.5 Å². The Balaban J connectivity index is 0.000000313. The molecule has 158 valence electrons. The van der Waals surface area contributed by atoms with E-state index < -0.39 is 16.9 Å². The Morgan fingerprint density at radius 3 is 2.52 bits per heavy atom. The highest BCUT2D eigenvalue weighted by molar-refractivity contribution is 7.82. The maximum absolute atomic E-state index is 12.0. The molecule has 2 atom stereocenters. The van der Waals surface area contributed by atoms with Crippen molar-refractivity contribution in [3.8, 4) is 5.75 Å². The van der Waals surface area contributed by atoms with Crippen molar-refractivity contribution in [2.75, 3.05) is 39.2 Å². The minimum atomic E-state index is -1.40. The van der Waals surface area contributed by atoms with E-state index >= 15 is 0 Å². The van der Waals surface area contributed by atoms with E-state index in [-0.39, 0.29) is 5.92 Å². The molecule has 1 saturated heterocycles. The summed E-state index contributed by atoms with van der Waals surface area (Å²) in [7, 11) is -1.40. The summed E-state index contributed by atoms with van der Waals surface area (Å²) < 4.78 is 24.7. The van der Waals surface area contributed by atoms with Crippen LogP contribution in [0.4, 0.5) is 0 Å². The van der Waals surface area contributed by atoms with Crippen molar-refractivity contribution in [2.24, 2.45) is 5.92 Å². The van der Waals surface area contributed by atoms with Gasteiger partial charge in [0.05, 0.1) is 35.4 Å².